The smallest absolute Gasteiger partial charge is 0.306 e. The number of carbonyl (C=O) groups excluding carboxylic acids is 4. The fraction of sp³-hybridized carbons (Fsp3) is 0.421. The number of carboxylic acids is 1. The molecule has 0 bridgehead atoms. The number of rotatable bonds is 5. The number of carbonyl (C=O) groups is 5. The molecular formula is C19H21N3O6. The first-order valence-electron chi connectivity index (χ1n) is 8.99. The molecule has 0 spiro atoms. The largest absolute Gasteiger partial charge is 0.481 e. The molecule has 148 valence electrons. The Labute approximate surface area is 161 Å². The SMILES string of the molecule is CN(CC(=O)N1CCC(C(=O)O)CC1)C(=O)CN1C(=O)c2ccccc2C1=O. The Morgan fingerprint density at radius 3 is 2.11 bits per heavy atom. The molecule has 1 fully saturated rings. The molecule has 2 aliphatic heterocycles. The number of benzene rings is 1. The second-order valence-corrected chi connectivity index (χ2v) is 6.99. The van der Waals surface area contributed by atoms with Crippen LogP contribution in [0.5, 0.6) is 0 Å². The summed E-state index contributed by atoms with van der Waals surface area (Å²) in [6.45, 7) is 0.0312. The van der Waals surface area contributed by atoms with Crippen molar-refractivity contribution in [1.82, 2.24) is 14.7 Å². The van der Waals surface area contributed by atoms with Crippen molar-refractivity contribution < 1.29 is 29.1 Å². The van der Waals surface area contributed by atoms with Gasteiger partial charge < -0.3 is 14.9 Å². The quantitative estimate of drug-likeness (QED) is 0.715. The van der Waals surface area contributed by atoms with Crippen LogP contribution in [0.15, 0.2) is 24.3 Å². The van der Waals surface area contributed by atoms with E-state index in [0.717, 1.165) is 4.90 Å². The van der Waals surface area contributed by atoms with Crippen LogP contribution in [0, 0.1) is 5.92 Å². The highest BCUT2D eigenvalue weighted by Gasteiger charge is 2.37. The van der Waals surface area contributed by atoms with E-state index in [1.807, 2.05) is 0 Å². The van der Waals surface area contributed by atoms with Crippen LogP contribution >= 0.6 is 0 Å². The standard InChI is InChI=1S/C19H21N3O6/c1-20(10-16(24)21-8-6-12(7-9-21)19(27)28)15(23)11-22-17(25)13-4-2-3-5-14(13)18(22)26/h2-5,12H,6-11H2,1H3,(H,27,28). The van der Waals surface area contributed by atoms with E-state index in [1.165, 1.54) is 29.0 Å². The lowest BCUT2D eigenvalue weighted by Gasteiger charge is -2.31. The van der Waals surface area contributed by atoms with Gasteiger partial charge in [-0.2, -0.15) is 0 Å². The van der Waals surface area contributed by atoms with Gasteiger partial charge in [0.25, 0.3) is 11.8 Å². The van der Waals surface area contributed by atoms with Gasteiger partial charge in [0.2, 0.25) is 11.8 Å². The van der Waals surface area contributed by atoms with Crippen molar-refractivity contribution in [3.63, 3.8) is 0 Å². The van der Waals surface area contributed by atoms with E-state index in [0.29, 0.717) is 25.9 Å². The Balaban J connectivity index is 1.54. The lowest BCUT2D eigenvalue weighted by Crippen LogP contribution is -2.47. The Bertz CT molecular complexity index is 809. The monoisotopic (exact) mass is 387 g/mol. The maximum Gasteiger partial charge on any atom is 0.306 e. The van der Waals surface area contributed by atoms with Crippen molar-refractivity contribution in [3.05, 3.63) is 35.4 Å². The summed E-state index contributed by atoms with van der Waals surface area (Å²) in [5, 5.41) is 9.01. The molecule has 4 amide bonds. The number of amides is 4. The summed E-state index contributed by atoms with van der Waals surface area (Å²) in [7, 11) is 1.43. The molecule has 0 saturated carbocycles. The highest BCUT2D eigenvalue weighted by atomic mass is 16.4. The number of aliphatic carboxylic acids is 1. The Kier molecular flexibility index (Phi) is 5.43. The number of likely N-dealkylation sites (tertiary alicyclic amines) is 1. The van der Waals surface area contributed by atoms with E-state index < -0.39 is 36.2 Å². The zero-order chi connectivity index (χ0) is 20.4. The molecule has 1 aromatic rings. The number of imide groups is 1. The zero-order valence-electron chi connectivity index (χ0n) is 15.5. The van der Waals surface area contributed by atoms with Gasteiger partial charge in [-0.25, -0.2) is 0 Å². The van der Waals surface area contributed by atoms with Gasteiger partial charge in [0.05, 0.1) is 23.6 Å². The molecule has 9 heteroatoms. The zero-order valence-corrected chi connectivity index (χ0v) is 15.5. The molecular weight excluding hydrogens is 366 g/mol. The van der Waals surface area contributed by atoms with Gasteiger partial charge in [-0.3, -0.25) is 28.9 Å². The van der Waals surface area contributed by atoms with E-state index in [4.69, 9.17) is 5.11 Å². The molecule has 2 aliphatic rings. The summed E-state index contributed by atoms with van der Waals surface area (Å²) in [5.41, 5.74) is 0.528. The first-order valence-corrected chi connectivity index (χ1v) is 8.99. The number of likely N-dealkylation sites (N-methyl/N-ethyl adjacent to an activating group) is 1. The molecule has 1 aromatic carbocycles. The number of piperidine rings is 1. The Morgan fingerprint density at radius 1 is 1.07 bits per heavy atom. The van der Waals surface area contributed by atoms with E-state index >= 15 is 0 Å². The lowest BCUT2D eigenvalue weighted by atomic mass is 9.97. The first-order chi connectivity index (χ1) is 13.3. The summed E-state index contributed by atoms with van der Waals surface area (Å²) in [4.78, 5) is 64.0. The predicted molar refractivity (Wildman–Crippen MR) is 96.4 cm³/mol. The van der Waals surface area contributed by atoms with Gasteiger partial charge in [-0.1, -0.05) is 12.1 Å². The molecule has 1 saturated heterocycles. The minimum atomic E-state index is -0.861. The highest BCUT2D eigenvalue weighted by molar-refractivity contribution is 6.22. The van der Waals surface area contributed by atoms with Gasteiger partial charge >= 0.3 is 5.97 Å². The van der Waals surface area contributed by atoms with Crippen molar-refractivity contribution in [2.75, 3.05) is 33.2 Å². The van der Waals surface area contributed by atoms with Crippen LogP contribution < -0.4 is 0 Å². The van der Waals surface area contributed by atoms with Gasteiger partial charge in [-0.05, 0) is 25.0 Å². The van der Waals surface area contributed by atoms with Crippen LogP contribution in [0.4, 0.5) is 0 Å². The van der Waals surface area contributed by atoms with Gasteiger partial charge in [0.15, 0.2) is 0 Å². The average Bonchev–Trinajstić information content (AvgIpc) is 2.93. The number of carboxylic acid groups (broad SMARTS) is 1. The minimum absolute atomic E-state index is 0.195. The second-order valence-electron chi connectivity index (χ2n) is 6.99. The number of fused-ring (bicyclic) bond motifs is 1. The topological polar surface area (TPSA) is 115 Å². The summed E-state index contributed by atoms with van der Waals surface area (Å²) < 4.78 is 0. The molecule has 2 heterocycles. The van der Waals surface area contributed by atoms with Crippen LogP contribution in [0.1, 0.15) is 33.6 Å². The molecule has 1 N–H and O–H groups in total. The molecule has 3 rings (SSSR count). The summed E-state index contributed by atoms with van der Waals surface area (Å²) in [6.07, 6.45) is 0.765. The van der Waals surface area contributed by atoms with Crippen LogP contribution in [0.2, 0.25) is 0 Å². The maximum atomic E-state index is 12.4. The number of hydrogen-bond donors (Lipinski definition) is 1. The summed E-state index contributed by atoms with van der Waals surface area (Å²) >= 11 is 0. The number of nitrogens with zero attached hydrogens (tertiary/aromatic N) is 3. The lowest BCUT2D eigenvalue weighted by molar-refractivity contribution is -0.146. The minimum Gasteiger partial charge on any atom is -0.481 e. The summed E-state index contributed by atoms with van der Waals surface area (Å²) in [5.74, 6) is -3.17. The molecule has 28 heavy (non-hydrogen) atoms. The molecule has 0 atom stereocenters. The maximum absolute atomic E-state index is 12.4. The molecule has 9 nitrogen and oxygen atoms in total. The van der Waals surface area contributed by atoms with Crippen molar-refractivity contribution in [2.45, 2.75) is 12.8 Å². The first kappa shape index (κ1) is 19.5. The Morgan fingerprint density at radius 2 is 1.61 bits per heavy atom. The van der Waals surface area contributed by atoms with Gasteiger partial charge in [0.1, 0.15) is 6.54 Å². The average molecular weight is 387 g/mol. The predicted octanol–water partition coefficient (Wildman–Crippen LogP) is 0.0642. The third-order valence-electron chi connectivity index (χ3n) is 5.17. The summed E-state index contributed by atoms with van der Waals surface area (Å²) in [6, 6.07) is 6.36. The van der Waals surface area contributed by atoms with Crippen molar-refractivity contribution in [2.24, 2.45) is 5.92 Å². The van der Waals surface area contributed by atoms with Crippen molar-refractivity contribution >= 4 is 29.6 Å². The van der Waals surface area contributed by atoms with E-state index in [-0.39, 0.29) is 23.6 Å². The van der Waals surface area contributed by atoms with Gasteiger partial charge in [-0.15, -0.1) is 0 Å². The number of hydrogen-bond acceptors (Lipinski definition) is 5. The fourth-order valence-corrected chi connectivity index (χ4v) is 3.41. The molecule has 0 unspecified atom stereocenters. The van der Waals surface area contributed by atoms with Crippen LogP contribution in [-0.4, -0.2) is 82.6 Å². The highest BCUT2D eigenvalue weighted by Crippen LogP contribution is 2.22. The molecule has 0 aromatic heterocycles. The normalized spacial score (nSPS) is 16.9. The van der Waals surface area contributed by atoms with Crippen LogP contribution in [-0.2, 0) is 14.4 Å². The van der Waals surface area contributed by atoms with Crippen molar-refractivity contribution in [3.8, 4) is 0 Å². The van der Waals surface area contributed by atoms with Crippen LogP contribution in [0.3, 0.4) is 0 Å². The van der Waals surface area contributed by atoms with Crippen LogP contribution in [0.25, 0.3) is 0 Å². The second kappa shape index (κ2) is 7.79. The van der Waals surface area contributed by atoms with E-state index in [9.17, 15) is 24.0 Å². The fourth-order valence-electron chi connectivity index (χ4n) is 3.41. The van der Waals surface area contributed by atoms with Crippen molar-refractivity contribution in [1.29, 1.82) is 0 Å². The van der Waals surface area contributed by atoms with Gasteiger partial charge in [0, 0.05) is 20.1 Å². The Hall–Kier alpha value is -3.23. The van der Waals surface area contributed by atoms with E-state index in [2.05, 4.69) is 0 Å². The third kappa shape index (κ3) is 3.73. The third-order valence-corrected chi connectivity index (χ3v) is 5.17. The molecule has 0 aliphatic carbocycles. The van der Waals surface area contributed by atoms with E-state index in [1.54, 1.807) is 12.1 Å². The molecule has 0 radical (unpaired) electrons.